The van der Waals surface area contributed by atoms with Gasteiger partial charge in [0.15, 0.2) is 0 Å². The van der Waals surface area contributed by atoms with E-state index >= 15 is 0 Å². The van der Waals surface area contributed by atoms with Crippen LogP contribution in [0.15, 0.2) is 0 Å². The highest BCUT2D eigenvalue weighted by atomic mass is 16.6. The van der Waals surface area contributed by atoms with Crippen LogP contribution in [-0.4, -0.2) is 24.3 Å². The fraction of sp³-hybridized carbons (Fsp3) is 0.909. The molecule has 0 aliphatic heterocycles. The number of esters is 1. The molecule has 0 saturated carbocycles. The summed E-state index contributed by atoms with van der Waals surface area (Å²) in [5.74, 6) is -0.172. The summed E-state index contributed by atoms with van der Waals surface area (Å²) in [4.78, 5) is 10.9. The lowest BCUT2D eigenvalue weighted by Crippen LogP contribution is -2.31. The van der Waals surface area contributed by atoms with Crippen molar-refractivity contribution in [3.63, 3.8) is 0 Å². The van der Waals surface area contributed by atoms with Gasteiger partial charge in [-0.3, -0.25) is 4.79 Å². The number of hydrogen-bond donors (Lipinski definition) is 0. The molecule has 0 bridgehead atoms. The van der Waals surface area contributed by atoms with Crippen molar-refractivity contribution >= 4 is 5.97 Å². The van der Waals surface area contributed by atoms with Crippen molar-refractivity contribution in [1.29, 1.82) is 0 Å². The zero-order valence-electron chi connectivity index (χ0n) is 9.92. The third-order valence-corrected chi connectivity index (χ3v) is 2.14. The molecule has 0 fully saturated rings. The number of rotatable bonds is 6. The zero-order chi connectivity index (χ0) is 11.2. The Balaban J connectivity index is 3.75. The summed E-state index contributed by atoms with van der Waals surface area (Å²) in [6.45, 7) is 10.2. The fourth-order valence-corrected chi connectivity index (χ4v) is 0.974. The van der Waals surface area contributed by atoms with Crippen LogP contribution in [0, 0.1) is 0 Å². The van der Waals surface area contributed by atoms with E-state index in [2.05, 4.69) is 6.92 Å². The van der Waals surface area contributed by atoms with Gasteiger partial charge in [0, 0.05) is 6.42 Å². The fourth-order valence-electron chi connectivity index (χ4n) is 0.974. The Morgan fingerprint density at radius 3 is 2.36 bits per heavy atom. The highest BCUT2D eigenvalue weighted by Crippen LogP contribution is 2.16. The molecule has 0 aromatic heterocycles. The average Bonchev–Trinajstić information content (AvgIpc) is 2.13. The molecule has 0 aromatic carbocycles. The molecule has 0 aromatic rings. The van der Waals surface area contributed by atoms with Gasteiger partial charge in [-0.05, 0) is 27.2 Å². The molecule has 0 aliphatic carbocycles. The van der Waals surface area contributed by atoms with E-state index in [0.717, 1.165) is 6.42 Å². The second-order valence-corrected chi connectivity index (χ2v) is 4.08. The van der Waals surface area contributed by atoms with E-state index in [1.54, 1.807) is 6.92 Å². The average molecular weight is 202 g/mol. The second-order valence-electron chi connectivity index (χ2n) is 4.08. The molecule has 3 nitrogen and oxygen atoms in total. The van der Waals surface area contributed by atoms with Gasteiger partial charge in [-0.15, -0.1) is 0 Å². The molecule has 14 heavy (non-hydrogen) atoms. The van der Waals surface area contributed by atoms with Gasteiger partial charge in [0.25, 0.3) is 0 Å². The molecule has 3 heteroatoms. The molecular formula is C11H22O3. The van der Waals surface area contributed by atoms with E-state index in [0.29, 0.717) is 13.0 Å². The molecule has 0 amide bonds. The van der Waals surface area contributed by atoms with Crippen LogP contribution < -0.4 is 0 Å². The summed E-state index contributed by atoms with van der Waals surface area (Å²) in [6.07, 6.45) is 1.32. The van der Waals surface area contributed by atoms with Crippen molar-refractivity contribution in [1.82, 2.24) is 0 Å². The van der Waals surface area contributed by atoms with Gasteiger partial charge >= 0.3 is 5.97 Å². The lowest BCUT2D eigenvalue weighted by Gasteiger charge is -2.27. The predicted octanol–water partition coefficient (Wildman–Crippen LogP) is 2.53. The van der Waals surface area contributed by atoms with Crippen LogP contribution in [-0.2, 0) is 14.3 Å². The van der Waals surface area contributed by atoms with Gasteiger partial charge in [0.1, 0.15) is 6.61 Å². The zero-order valence-corrected chi connectivity index (χ0v) is 9.92. The third-order valence-electron chi connectivity index (χ3n) is 2.14. The first-order valence-corrected chi connectivity index (χ1v) is 5.24. The number of carbonyl (C=O) groups excluding carboxylic acids is 1. The molecule has 0 saturated heterocycles. The van der Waals surface area contributed by atoms with E-state index in [9.17, 15) is 4.79 Å². The topological polar surface area (TPSA) is 35.5 Å². The minimum Gasteiger partial charge on any atom is -0.463 e. The Bertz CT molecular complexity index is 175. The van der Waals surface area contributed by atoms with Crippen LogP contribution >= 0.6 is 0 Å². The highest BCUT2D eigenvalue weighted by molar-refractivity contribution is 5.68. The molecule has 0 heterocycles. The maximum Gasteiger partial charge on any atom is 0.305 e. The van der Waals surface area contributed by atoms with E-state index in [1.165, 1.54) is 0 Å². The normalized spacial score (nSPS) is 13.8. The predicted molar refractivity (Wildman–Crippen MR) is 56.2 cm³/mol. The van der Waals surface area contributed by atoms with E-state index in [1.807, 2.05) is 20.8 Å². The lowest BCUT2D eigenvalue weighted by molar-refractivity contribution is -0.152. The molecule has 0 unspecified atom stereocenters. The first-order chi connectivity index (χ1) is 6.41. The summed E-state index contributed by atoms with van der Waals surface area (Å²) in [6, 6.07) is 0. The van der Waals surface area contributed by atoms with Crippen molar-refractivity contribution in [3.8, 4) is 0 Å². The van der Waals surface area contributed by atoms with Crippen molar-refractivity contribution < 1.29 is 14.3 Å². The second kappa shape index (κ2) is 6.02. The molecule has 1 atom stereocenters. The van der Waals surface area contributed by atoms with Crippen molar-refractivity contribution in [2.45, 2.75) is 59.2 Å². The van der Waals surface area contributed by atoms with Gasteiger partial charge < -0.3 is 9.47 Å². The van der Waals surface area contributed by atoms with Crippen LogP contribution in [0.5, 0.6) is 0 Å². The van der Waals surface area contributed by atoms with Gasteiger partial charge in [-0.1, -0.05) is 13.8 Å². The largest absolute Gasteiger partial charge is 0.463 e. The molecule has 0 rings (SSSR count). The Morgan fingerprint density at radius 1 is 1.36 bits per heavy atom. The molecule has 0 aliphatic rings. The molecular weight excluding hydrogens is 180 g/mol. The molecule has 84 valence electrons. The maximum absolute atomic E-state index is 10.9. The smallest absolute Gasteiger partial charge is 0.305 e. The lowest BCUT2D eigenvalue weighted by atomic mass is 10.1. The summed E-state index contributed by atoms with van der Waals surface area (Å²) in [5, 5.41) is 0. The Kier molecular flexibility index (Phi) is 5.77. The third kappa shape index (κ3) is 5.97. The van der Waals surface area contributed by atoms with Gasteiger partial charge in [-0.2, -0.15) is 0 Å². The van der Waals surface area contributed by atoms with Gasteiger partial charge in [0.05, 0.1) is 11.7 Å². The SMILES string of the molecule is CCC(=O)OC[C@H](C)OC(C)(C)CC. The quantitative estimate of drug-likeness (QED) is 0.621. The van der Waals surface area contributed by atoms with Crippen LogP contribution in [0.25, 0.3) is 0 Å². The van der Waals surface area contributed by atoms with Gasteiger partial charge in [0.2, 0.25) is 0 Å². The highest BCUT2D eigenvalue weighted by Gasteiger charge is 2.19. The number of carbonyl (C=O) groups is 1. The molecule has 0 spiro atoms. The summed E-state index contributed by atoms with van der Waals surface area (Å²) >= 11 is 0. The first-order valence-electron chi connectivity index (χ1n) is 5.24. The first kappa shape index (κ1) is 13.4. The van der Waals surface area contributed by atoms with Gasteiger partial charge in [-0.25, -0.2) is 0 Å². The Labute approximate surface area is 86.8 Å². The monoisotopic (exact) mass is 202 g/mol. The van der Waals surface area contributed by atoms with Crippen LogP contribution in [0.4, 0.5) is 0 Å². The van der Waals surface area contributed by atoms with Crippen LogP contribution in [0.1, 0.15) is 47.5 Å². The van der Waals surface area contributed by atoms with Crippen molar-refractivity contribution in [2.75, 3.05) is 6.61 Å². The van der Waals surface area contributed by atoms with Crippen LogP contribution in [0.2, 0.25) is 0 Å². The summed E-state index contributed by atoms with van der Waals surface area (Å²) in [7, 11) is 0. The maximum atomic E-state index is 10.9. The van der Waals surface area contributed by atoms with E-state index < -0.39 is 0 Å². The standard InChI is InChI=1S/C11H22O3/c1-6-10(12)13-8-9(3)14-11(4,5)7-2/h9H,6-8H2,1-5H3/t9-/m0/s1. The van der Waals surface area contributed by atoms with Crippen LogP contribution in [0.3, 0.4) is 0 Å². The van der Waals surface area contributed by atoms with Crippen molar-refractivity contribution in [3.05, 3.63) is 0 Å². The molecule has 0 N–H and O–H groups in total. The van der Waals surface area contributed by atoms with E-state index in [4.69, 9.17) is 9.47 Å². The van der Waals surface area contributed by atoms with Crippen molar-refractivity contribution in [2.24, 2.45) is 0 Å². The number of hydrogen-bond acceptors (Lipinski definition) is 3. The minimum atomic E-state index is -0.172. The Morgan fingerprint density at radius 2 is 1.93 bits per heavy atom. The van der Waals surface area contributed by atoms with E-state index in [-0.39, 0.29) is 17.7 Å². The molecule has 0 radical (unpaired) electrons. The number of ether oxygens (including phenoxy) is 2. The Hall–Kier alpha value is -0.570. The summed E-state index contributed by atoms with van der Waals surface area (Å²) in [5.41, 5.74) is -0.141. The minimum absolute atomic E-state index is 0.0413. The summed E-state index contributed by atoms with van der Waals surface area (Å²) < 4.78 is 10.7.